The number of hydrogen-bond acceptors (Lipinski definition) is 0. The average Bonchev–Trinajstić information content (AvgIpc) is 2.48. The Morgan fingerprint density at radius 1 is 1.20 bits per heavy atom. The van der Waals surface area contributed by atoms with Crippen LogP contribution in [0.2, 0.25) is 0 Å². The van der Waals surface area contributed by atoms with Gasteiger partial charge in [0.1, 0.15) is 0 Å². The molecule has 0 aliphatic heterocycles. The summed E-state index contributed by atoms with van der Waals surface area (Å²) in [6.45, 7) is 6.86. The number of rotatable bonds is 9. The molecule has 0 N–H and O–H groups in total. The van der Waals surface area contributed by atoms with E-state index in [1.54, 1.807) is 5.57 Å². The summed E-state index contributed by atoms with van der Waals surface area (Å²) in [6, 6.07) is 0. The summed E-state index contributed by atoms with van der Waals surface area (Å²) in [5, 5.41) is 0. The minimum absolute atomic E-state index is 0.852. The highest BCUT2D eigenvalue weighted by atomic mass is 14.2. The molecule has 0 saturated heterocycles. The molecule has 0 amide bonds. The first-order valence-corrected chi connectivity index (χ1v) is 8.99. The van der Waals surface area contributed by atoms with Gasteiger partial charge in [0.05, 0.1) is 0 Å². The summed E-state index contributed by atoms with van der Waals surface area (Å²) in [6.07, 6.45) is 22.5. The fraction of sp³-hybridized carbons (Fsp3) is 0.800. The van der Waals surface area contributed by atoms with E-state index < -0.39 is 0 Å². The van der Waals surface area contributed by atoms with E-state index in [4.69, 9.17) is 0 Å². The highest BCUT2D eigenvalue weighted by Gasteiger charge is 2.12. The van der Waals surface area contributed by atoms with Crippen molar-refractivity contribution in [3.8, 4) is 0 Å². The molecule has 1 saturated carbocycles. The molecule has 0 spiro atoms. The van der Waals surface area contributed by atoms with Crippen LogP contribution in [-0.4, -0.2) is 0 Å². The van der Waals surface area contributed by atoms with Crippen molar-refractivity contribution in [1.29, 1.82) is 0 Å². The zero-order chi connectivity index (χ0) is 14.6. The molecule has 1 atom stereocenters. The van der Waals surface area contributed by atoms with Gasteiger partial charge in [0.2, 0.25) is 0 Å². The van der Waals surface area contributed by atoms with Gasteiger partial charge < -0.3 is 0 Å². The van der Waals surface area contributed by atoms with Crippen molar-refractivity contribution >= 4 is 0 Å². The standard InChI is InChI=1S/C20H36/c1-4-5-6-8-11-18(2)14-15-19(3)16-17-20-12-9-7-10-13-20/h4-5,15,18,20H,6-14,16-17H2,1-3H3/b5-4-,19-15+. The molecular weight excluding hydrogens is 240 g/mol. The molecule has 0 aromatic carbocycles. The minimum atomic E-state index is 0.852. The Balaban J connectivity index is 2.10. The van der Waals surface area contributed by atoms with Gasteiger partial charge in [0, 0.05) is 0 Å². The van der Waals surface area contributed by atoms with E-state index >= 15 is 0 Å². The van der Waals surface area contributed by atoms with E-state index in [-0.39, 0.29) is 0 Å². The molecule has 0 bridgehead atoms. The fourth-order valence-electron chi connectivity index (χ4n) is 3.28. The topological polar surface area (TPSA) is 0 Å². The van der Waals surface area contributed by atoms with Gasteiger partial charge in [-0.15, -0.1) is 0 Å². The second-order valence-corrected chi connectivity index (χ2v) is 6.93. The molecular formula is C20H36. The summed E-state index contributed by atoms with van der Waals surface area (Å²) in [5.74, 6) is 1.88. The molecule has 20 heavy (non-hydrogen) atoms. The van der Waals surface area contributed by atoms with Crippen LogP contribution in [0.15, 0.2) is 23.8 Å². The highest BCUT2D eigenvalue weighted by Crippen LogP contribution is 2.28. The lowest BCUT2D eigenvalue weighted by Crippen LogP contribution is -2.06. The van der Waals surface area contributed by atoms with Crippen LogP contribution in [0.4, 0.5) is 0 Å². The predicted molar refractivity (Wildman–Crippen MR) is 92.0 cm³/mol. The van der Waals surface area contributed by atoms with Gasteiger partial charge in [-0.1, -0.05) is 69.2 Å². The van der Waals surface area contributed by atoms with Crippen LogP contribution in [0.1, 0.15) is 91.4 Å². The predicted octanol–water partition coefficient (Wildman–Crippen LogP) is 7.07. The van der Waals surface area contributed by atoms with Crippen LogP contribution in [0.25, 0.3) is 0 Å². The smallest absolute Gasteiger partial charge is 0.0320 e. The lowest BCUT2D eigenvalue weighted by atomic mass is 9.85. The number of allylic oxidation sites excluding steroid dienone is 4. The Kier molecular flexibility index (Phi) is 9.79. The van der Waals surface area contributed by atoms with E-state index in [1.807, 2.05) is 0 Å². The van der Waals surface area contributed by atoms with Crippen LogP contribution in [-0.2, 0) is 0 Å². The molecule has 116 valence electrons. The maximum absolute atomic E-state index is 2.52. The Hall–Kier alpha value is -0.520. The summed E-state index contributed by atoms with van der Waals surface area (Å²) in [5.41, 5.74) is 1.64. The fourth-order valence-corrected chi connectivity index (χ4v) is 3.28. The summed E-state index contributed by atoms with van der Waals surface area (Å²) >= 11 is 0. The molecule has 0 heterocycles. The van der Waals surface area contributed by atoms with Crippen molar-refractivity contribution < 1.29 is 0 Å². The molecule has 0 aromatic heterocycles. The lowest BCUT2D eigenvalue weighted by Gasteiger charge is -2.21. The first-order valence-electron chi connectivity index (χ1n) is 8.99. The molecule has 0 nitrogen and oxygen atoms in total. The third kappa shape index (κ3) is 8.61. The Bertz CT molecular complexity index is 278. The number of hydrogen-bond donors (Lipinski definition) is 0. The number of unbranched alkanes of at least 4 members (excludes halogenated alkanes) is 1. The Labute approximate surface area is 127 Å². The van der Waals surface area contributed by atoms with Gasteiger partial charge in [0.15, 0.2) is 0 Å². The molecule has 1 rings (SSSR count). The molecule has 1 aliphatic rings. The van der Waals surface area contributed by atoms with Crippen molar-refractivity contribution in [3.63, 3.8) is 0 Å². The molecule has 1 fully saturated rings. The second kappa shape index (κ2) is 11.2. The maximum atomic E-state index is 2.52. The summed E-state index contributed by atoms with van der Waals surface area (Å²) < 4.78 is 0. The third-order valence-electron chi connectivity index (χ3n) is 4.84. The van der Waals surface area contributed by atoms with E-state index in [2.05, 4.69) is 39.0 Å². The van der Waals surface area contributed by atoms with Crippen molar-refractivity contribution in [3.05, 3.63) is 23.8 Å². The molecule has 1 aliphatic carbocycles. The monoisotopic (exact) mass is 276 g/mol. The maximum Gasteiger partial charge on any atom is -0.0320 e. The first kappa shape index (κ1) is 17.5. The van der Waals surface area contributed by atoms with Crippen molar-refractivity contribution in [1.82, 2.24) is 0 Å². The van der Waals surface area contributed by atoms with E-state index in [0.717, 1.165) is 11.8 Å². The Morgan fingerprint density at radius 2 is 1.95 bits per heavy atom. The van der Waals surface area contributed by atoms with Crippen LogP contribution in [0, 0.1) is 11.8 Å². The molecule has 1 unspecified atom stereocenters. The first-order chi connectivity index (χ1) is 9.72. The van der Waals surface area contributed by atoms with Crippen molar-refractivity contribution in [2.24, 2.45) is 11.8 Å². The SMILES string of the molecule is C/C=C\CCCC(C)C/C=C(\C)CCC1CCCCC1. The Morgan fingerprint density at radius 3 is 2.65 bits per heavy atom. The van der Waals surface area contributed by atoms with E-state index in [0.29, 0.717) is 0 Å². The van der Waals surface area contributed by atoms with Crippen molar-refractivity contribution in [2.75, 3.05) is 0 Å². The summed E-state index contributed by atoms with van der Waals surface area (Å²) in [7, 11) is 0. The van der Waals surface area contributed by atoms with Crippen LogP contribution >= 0.6 is 0 Å². The van der Waals surface area contributed by atoms with Gasteiger partial charge in [0.25, 0.3) is 0 Å². The van der Waals surface area contributed by atoms with Crippen LogP contribution in [0.5, 0.6) is 0 Å². The molecule has 0 aromatic rings. The van der Waals surface area contributed by atoms with Gasteiger partial charge >= 0.3 is 0 Å². The second-order valence-electron chi connectivity index (χ2n) is 6.93. The third-order valence-corrected chi connectivity index (χ3v) is 4.84. The van der Waals surface area contributed by atoms with Gasteiger partial charge in [-0.2, -0.15) is 0 Å². The van der Waals surface area contributed by atoms with Gasteiger partial charge in [-0.3, -0.25) is 0 Å². The van der Waals surface area contributed by atoms with Gasteiger partial charge in [-0.25, -0.2) is 0 Å². The summed E-state index contributed by atoms with van der Waals surface area (Å²) in [4.78, 5) is 0. The minimum Gasteiger partial charge on any atom is -0.0917 e. The van der Waals surface area contributed by atoms with Crippen LogP contribution < -0.4 is 0 Å². The van der Waals surface area contributed by atoms with E-state index in [1.165, 1.54) is 70.6 Å². The molecule has 0 radical (unpaired) electrons. The van der Waals surface area contributed by atoms with Crippen molar-refractivity contribution in [2.45, 2.75) is 91.4 Å². The zero-order valence-corrected chi connectivity index (χ0v) is 14.2. The van der Waals surface area contributed by atoms with E-state index in [9.17, 15) is 0 Å². The van der Waals surface area contributed by atoms with Crippen LogP contribution in [0.3, 0.4) is 0 Å². The average molecular weight is 277 g/mol. The van der Waals surface area contributed by atoms with Gasteiger partial charge in [-0.05, 0) is 57.8 Å². The lowest BCUT2D eigenvalue weighted by molar-refractivity contribution is 0.339. The zero-order valence-electron chi connectivity index (χ0n) is 14.2. The molecule has 0 heteroatoms. The quantitative estimate of drug-likeness (QED) is 0.312. The largest absolute Gasteiger partial charge is 0.0917 e. The normalized spacial score (nSPS) is 19.6. The highest BCUT2D eigenvalue weighted by molar-refractivity contribution is 4.98.